The van der Waals surface area contributed by atoms with Crippen LogP contribution in [0.4, 0.5) is 4.39 Å². The maximum atomic E-state index is 13.0. The lowest BCUT2D eigenvalue weighted by molar-refractivity contribution is 0.178. The van der Waals surface area contributed by atoms with Gasteiger partial charge in [0.15, 0.2) is 0 Å². The zero-order valence-electron chi connectivity index (χ0n) is 10.3. The molecule has 1 unspecified atom stereocenters. The summed E-state index contributed by atoms with van der Waals surface area (Å²) >= 11 is 11.9. The molecule has 0 fully saturated rings. The van der Waals surface area contributed by atoms with Gasteiger partial charge in [0.1, 0.15) is 5.82 Å². The quantitative estimate of drug-likeness (QED) is 0.869. The van der Waals surface area contributed by atoms with E-state index in [0.717, 1.165) is 11.1 Å². The standard InChI is InChI=1S/C15H13Cl2FO/c1-9-6-12(18)4-2-10(9)7-15(19)13-5-3-11(16)8-14(13)17/h2-6,8,15,19H,7H2,1H3. The summed E-state index contributed by atoms with van der Waals surface area (Å²) in [7, 11) is 0. The predicted molar refractivity (Wildman–Crippen MR) is 76.3 cm³/mol. The molecule has 0 saturated heterocycles. The molecule has 1 atom stereocenters. The Hall–Kier alpha value is -1.09. The van der Waals surface area contributed by atoms with Gasteiger partial charge in [-0.2, -0.15) is 0 Å². The molecule has 0 heterocycles. The van der Waals surface area contributed by atoms with E-state index in [1.165, 1.54) is 12.1 Å². The lowest BCUT2D eigenvalue weighted by Crippen LogP contribution is -2.04. The van der Waals surface area contributed by atoms with Crippen molar-refractivity contribution in [3.8, 4) is 0 Å². The van der Waals surface area contributed by atoms with Gasteiger partial charge in [0.05, 0.1) is 6.10 Å². The molecule has 0 aliphatic carbocycles. The summed E-state index contributed by atoms with van der Waals surface area (Å²) in [5, 5.41) is 11.2. The van der Waals surface area contributed by atoms with Gasteiger partial charge in [0, 0.05) is 16.5 Å². The maximum absolute atomic E-state index is 13.0. The van der Waals surface area contributed by atoms with Crippen molar-refractivity contribution >= 4 is 23.2 Å². The van der Waals surface area contributed by atoms with Crippen molar-refractivity contribution in [2.75, 3.05) is 0 Å². The predicted octanol–water partition coefficient (Wildman–Crippen LogP) is 4.72. The van der Waals surface area contributed by atoms with Crippen molar-refractivity contribution in [2.24, 2.45) is 0 Å². The van der Waals surface area contributed by atoms with E-state index < -0.39 is 6.10 Å². The number of halogens is 3. The Kier molecular flexibility index (Phi) is 4.46. The molecule has 1 nitrogen and oxygen atoms in total. The third-order valence-corrected chi connectivity index (χ3v) is 3.60. The van der Waals surface area contributed by atoms with E-state index in [1.807, 2.05) is 6.92 Å². The molecule has 0 spiro atoms. The molecule has 0 aliphatic heterocycles. The molecule has 0 bridgehead atoms. The number of hydrogen-bond acceptors (Lipinski definition) is 1. The molecule has 0 saturated carbocycles. The second-order valence-corrected chi connectivity index (χ2v) is 5.30. The van der Waals surface area contributed by atoms with E-state index >= 15 is 0 Å². The molecule has 100 valence electrons. The topological polar surface area (TPSA) is 20.2 Å². The second kappa shape index (κ2) is 5.91. The second-order valence-electron chi connectivity index (χ2n) is 4.46. The minimum Gasteiger partial charge on any atom is -0.388 e. The average Bonchev–Trinajstić information content (AvgIpc) is 2.32. The van der Waals surface area contributed by atoms with Gasteiger partial charge in [0.25, 0.3) is 0 Å². The monoisotopic (exact) mass is 298 g/mol. The molecular weight excluding hydrogens is 286 g/mol. The molecule has 2 aromatic rings. The van der Waals surface area contributed by atoms with Crippen molar-refractivity contribution in [2.45, 2.75) is 19.4 Å². The van der Waals surface area contributed by atoms with Crippen molar-refractivity contribution in [3.63, 3.8) is 0 Å². The zero-order chi connectivity index (χ0) is 14.0. The van der Waals surface area contributed by atoms with Gasteiger partial charge in [0.2, 0.25) is 0 Å². The van der Waals surface area contributed by atoms with Gasteiger partial charge >= 0.3 is 0 Å². The minimum atomic E-state index is -0.742. The number of aliphatic hydroxyl groups is 1. The Balaban J connectivity index is 2.23. The molecule has 0 amide bonds. The molecular formula is C15H13Cl2FO. The average molecular weight is 299 g/mol. The van der Waals surface area contributed by atoms with E-state index in [2.05, 4.69) is 0 Å². The van der Waals surface area contributed by atoms with Crippen LogP contribution in [0, 0.1) is 12.7 Å². The highest BCUT2D eigenvalue weighted by molar-refractivity contribution is 6.35. The Morgan fingerprint density at radius 1 is 1.16 bits per heavy atom. The van der Waals surface area contributed by atoms with E-state index in [0.29, 0.717) is 22.0 Å². The molecule has 0 radical (unpaired) electrons. The first kappa shape index (κ1) is 14.3. The van der Waals surface area contributed by atoms with Crippen LogP contribution in [0.3, 0.4) is 0 Å². The summed E-state index contributed by atoms with van der Waals surface area (Å²) in [4.78, 5) is 0. The first-order chi connectivity index (χ1) is 8.97. The summed E-state index contributed by atoms with van der Waals surface area (Å²) in [5.41, 5.74) is 2.32. The Morgan fingerprint density at radius 3 is 2.53 bits per heavy atom. The fraction of sp³-hybridized carbons (Fsp3) is 0.200. The Labute approximate surface area is 121 Å². The van der Waals surface area contributed by atoms with Crippen LogP contribution in [-0.4, -0.2) is 5.11 Å². The summed E-state index contributed by atoms with van der Waals surface area (Å²) in [6, 6.07) is 9.50. The molecule has 2 rings (SSSR count). The molecule has 19 heavy (non-hydrogen) atoms. The number of hydrogen-bond donors (Lipinski definition) is 1. The van der Waals surface area contributed by atoms with Crippen LogP contribution < -0.4 is 0 Å². The van der Waals surface area contributed by atoms with Crippen LogP contribution in [0.15, 0.2) is 36.4 Å². The SMILES string of the molecule is Cc1cc(F)ccc1CC(O)c1ccc(Cl)cc1Cl. The highest BCUT2D eigenvalue weighted by atomic mass is 35.5. The van der Waals surface area contributed by atoms with Crippen LogP contribution in [0.25, 0.3) is 0 Å². The normalized spacial score (nSPS) is 12.5. The molecule has 2 aromatic carbocycles. The van der Waals surface area contributed by atoms with Crippen LogP contribution in [-0.2, 0) is 6.42 Å². The molecule has 1 N–H and O–H groups in total. The molecule has 4 heteroatoms. The highest BCUT2D eigenvalue weighted by Gasteiger charge is 2.14. The first-order valence-corrected chi connectivity index (χ1v) is 6.61. The number of rotatable bonds is 3. The fourth-order valence-corrected chi connectivity index (χ4v) is 2.51. The van der Waals surface area contributed by atoms with Crippen LogP contribution >= 0.6 is 23.2 Å². The fourth-order valence-electron chi connectivity index (χ4n) is 1.98. The number of benzene rings is 2. The maximum Gasteiger partial charge on any atom is 0.123 e. The lowest BCUT2D eigenvalue weighted by Gasteiger charge is -2.14. The van der Waals surface area contributed by atoms with Crippen molar-refractivity contribution in [1.82, 2.24) is 0 Å². The third-order valence-electron chi connectivity index (χ3n) is 3.04. The van der Waals surface area contributed by atoms with Gasteiger partial charge in [-0.05, 0) is 47.9 Å². The highest BCUT2D eigenvalue weighted by Crippen LogP contribution is 2.29. The smallest absolute Gasteiger partial charge is 0.123 e. The zero-order valence-corrected chi connectivity index (χ0v) is 11.8. The number of aliphatic hydroxyl groups excluding tert-OH is 1. The van der Waals surface area contributed by atoms with E-state index in [9.17, 15) is 9.50 Å². The van der Waals surface area contributed by atoms with Crippen LogP contribution in [0.5, 0.6) is 0 Å². The van der Waals surface area contributed by atoms with Gasteiger partial charge in [-0.1, -0.05) is 35.3 Å². The van der Waals surface area contributed by atoms with Gasteiger partial charge < -0.3 is 5.11 Å². The minimum absolute atomic E-state index is 0.278. The Morgan fingerprint density at radius 2 is 1.89 bits per heavy atom. The first-order valence-electron chi connectivity index (χ1n) is 5.85. The van der Waals surface area contributed by atoms with Crippen molar-refractivity contribution in [3.05, 3.63) is 69.0 Å². The lowest BCUT2D eigenvalue weighted by atomic mass is 9.98. The largest absolute Gasteiger partial charge is 0.388 e. The van der Waals surface area contributed by atoms with Crippen LogP contribution in [0.1, 0.15) is 22.8 Å². The summed E-state index contributed by atoms with van der Waals surface area (Å²) in [6.45, 7) is 1.81. The van der Waals surface area contributed by atoms with Crippen LogP contribution in [0.2, 0.25) is 10.0 Å². The van der Waals surface area contributed by atoms with E-state index in [-0.39, 0.29) is 5.82 Å². The molecule has 0 aliphatic rings. The third kappa shape index (κ3) is 3.47. The summed E-state index contributed by atoms with van der Waals surface area (Å²) in [6.07, 6.45) is -0.359. The van der Waals surface area contributed by atoms with Gasteiger partial charge in [-0.25, -0.2) is 4.39 Å². The molecule has 0 aromatic heterocycles. The van der Waals surface area contributed by atoms with Gasteiger partial charge in [-0.3, -0.25) is 0 Å². The summed E-state index contributed by atoms with van der Waals surface area (Å²) < 4.78 is 13.0. The van der Waals surface area contributed by atoms with E-state index in [1.54, 1.807) is 24.3 Å². The van der Waals surface area contributed by atoms with Crippen molar-refractivity contribution in [1.29, 1.82) is 0 Å². The Bertz CT molecular complexity index is 599. The van der Waals surface area contributed by atoms with Gasteiger partial charge in [-0.15, -0.1) is 0 Å². The number of aryl methyl sites for hydroxylation is 1. The van der Waals surface area contributed by atoms with E-state index in [4.69, 9.17) is 23.2 Å². The summed E-state index contributed by atoms with van der Waals surface area (Å²) in [5.74, 6) is -0.278. The van der Waals surface area contributed by atoms with Crippen molar-refractivity contribution < 1.29 is 9.50 Å².